The molecule has 0 saturated carbocycles. The Labute approximate surface area is 216 Å². The van der Waals surface area contributed by atoms with Crippen LogP contribution in [0.5, 0.6) is 0 Å². The molecule has 0 bridgehead atoms. The number of aliphatic hydroxyl groups is 1. The Morgan fingerprint density at radius 2 is 1.89 bits per heavy atom. The maximum Gasteiger partial charge on any atom is 0.304 e. The van der Waals surface area contributed by atoms with Crippen molar-refractivity contribution in [2.24, 2.45) is 5.92 Å². The van der Waals surface area contributed by atoms with Crippen LogP contribution in [0.2, 0.25) is 18.6 Å². The van der Waals surface area contributed by atoms with Crippen LogP contribution in [0, 0.1) is 5.92 Å². The van der Waals surface area contributed by atoms with Gasteiger partial charge in [0.2, 0.25) is 14.3 Å². The molecule has 3 heterocycles. The minimum atomic E-state index is -3.33. The first-order valence-electron chi connectivity index (χ1n) is 12.5. The van der Waals surface area contributed by atoms with Crippen molar-refractivity contribution >= 4 is 43.3 Å². The third-order valence-electron chi connectivity index (χ3n) is 7.77. The Morgan fingerprint density at radius 1 is 1.19 bits per heavy atom. The number of nitrogens with zero attached hydrogens (tertiary/aromatic N) is 2. The van der Waals surface area contributed by atoms with Crippen LogP contribution >= 0.6 is 0 Å². The van der Waals surface area contributed by atoms with Crippen LogP contribution in [-0.2, 0) is 29.5 Å². The molecule has 2 amide bonds. The SMILES string of the molecule is CC(=O)OC1CC(=O)N1c1ccc2c(c1)[C@]1(O[C@@H](CCO)[C@H]([Si](C)(C)F)[C@H]1C)C(=O)N2c1ccccc1. The van der Waals surface area contributed by atoms with E-state index in [2.05, 4.69) is 0 Å². The fourth-order valence-electron chi connectivity index (χ4n) is 6.32. The topological polar surface area (TPSA) is 96.4 Å². The molecule has 3 aliphatic rings. The summed E-state index contributed by atoms with van der Waals surface area (Å²) in [5.41, 5.74) is 0.216. The molecule has 0 aromatic heterocycles. The third kappa shape index (κ3) is 3.89. The van der Waals surface area contributed by atoms with Gasteiger partial charge in [-0.15, -0.1) is 0 Å². The van der Waals surface area contributed by atoms with E-state index in [1.807, 2.05) is 37.3 Å². The van der Waals surface area contributed by atoms with Gasteiger partial charge in [0.25, 0.3) is 5.91 Å². The molecular weight excluding hydrogens is 495 g/mol. The first-order chi connectivity index (χ1) is 17.5. The second kappa shape index (κ2) is 9.04. The normalized spacial score (nSPS) is 29.0. The van der Waals surface area contributed by atoms with Crippen molar-refractivity contribution < 1.29 is 33.1 Å². The van der Waals surface area contributed by atoms with Gasteiger partial charge < -0.3 is 18.7 Å². The number of β-lactam (4-membered cyclic amide) rings is 1. The summed E-state index contributed by atoms with van der Waals surface area (Å²) in [7, 11) is -3.33. The summed E-state index contributed by atoms with van der Waals surface area (Å²) < 4.78 is 27.6. The molecule has 10 heteroatoms. The quantitative estimate of drug-likeness (QED) is 0.263. The summed E-state index contributed by atoms with van der Waals surface area (Å²) in [6.07, 6.45) is -1.08. The summed E-state index contributed by atoms with van der Waals surface area (Å²) in [4.78, 5) is 41.4. The van der Waals surface area contributed by atoms with Gasteiger partial charge >= 0.3 is 5.97 Å². The Hall–Kier alpha value is -3.08. The van der Waals surface area contributed by atoms with E-state index in [9.17, 15) is 19.5 Å². The Kier molecular flexibility index (Phi) is 6.24. The van der Waals surface area contributed by atoms with E-state index in [0.717, 1.165) is 0 Å². The van der Waals surface area contributed by atoms with E-state index in [-0.39, 0.29) is 31.3 Å². The molecule has 1 spiro atoms. The van der Waals surface area contributed by atoms with Gasteiger partial charge in [-0.1, -0.05) is 25.1 Å². The zero-order valence-corrected chi connectivity index (χ0v) is 22.3. The average Bonchev–Trinajstić information content (AvgIpc) is 3.25. The van der Waals surface area contributed by atoms with Gasteiger partial charge in [-0.05, 0) is 49.8 Å². The lowest BCUT2D eigenvalue weighted by atomic mass is 9.82. The molecule has 196 valence electrons. The van der Waals surface area contributed by atoms with Crippen LogP contribution in [0.4, 0.5) is 21.2 Å². The number of para-hydroxylation sites is 1. The first kappa shape index (κ1) is 25.6. The van der Waals surface area contributed by atoms with Crippen LogP contribution in [0.1, 0.15) is 32.3 Å². The number of hydrogen-bond acceptors (Lipinski definition) is 6. The predicted octanol–water partition coefficient (Wildman–Crippen LogP) is 4.15. The largest absolute Gasteiger partial charge is 0.441 e. The van der Waals surface area contributed by atoms with Crippen LogP contribution in [0.15, 0.2) is 48.5 Å². The monoisotopic (exact) mass is 526 g/mol. The van der Waals surface area contributed by atoms with E-state index in [4.69, 9.17) is 9.47 Å². The number of hydrogen-bond donors (Lipinski definition) is 1. The van der Waals surface area contributed by atoms with Gasteiger partial charge in [0.15, 0.2) is 11.8 Å². The van der Waals surface area contributed by atoms with Crippen molar-refractivity contribution in [3.8, 4) is 0 Å². The highest BCUT2D eigenvalue weighted by Gasteiger charge is 2.67. The number of carbonyl (C=O) groups excluding carboxylic acids is 3. The summed E-state index contributed by atoms with van der Waals surface area (Å²) in [5.74, 6) is -1.56. The van der Waals surface area contributed by atoms with E-state index in [0.29, 0.717) is 22.6 Å². The van der Waals surface area contributed by atoms with Crippen molar-refractivity contribution in [2.75, 3.05) is 16.4 Å². The number of fused-ring (bicyclic) bond motifs is 2. The highest BCUT2D eigenvalue weighted by molar-refractivity contribution is 6.72. The molecule has 3 aliphatic heterocycles. The van der Waals surface area contributed by atoms with Gasteiger partial charge in [0.05, 0.1) is 18.2 Å². The molecule has 1 N–H and O–H groups in total. The summed E-state index contributed by atoms with van der Waals surface area (Å²) in [5, 5.41) is 9.74. The maximum atomic E-state index is 15.7. The van der Waals surface area contributed by atoms with E-state index in [1.165, 1.54) is 11.8 Å². The Morgan fingerprint density at radius 3 is 2.49 bits per heavy atom. The minimum Gasteiger partial charge on any atom is -0.441 e. The molecule has 2 saturated heterocycles. The molecule has 2 aromatic carbocycles. The number of amides is 2. The van der Waals surface area contributed by atoms with Crippen molar-refractivity contribution in [3.05, 3.63) is 54.1 Å². The lowest BCUT2D eigenvalue weighted by molar-refractivity contribution is -0.153. The first-order valence-corrected chi connectivity index (χ1v) is 15.5. The third-order valence-corrected chi connectivity index (χ3v) is 10.2. The van der Waals surface area contributed by atoms with Crippen molar-refractivity contribution in [2.45, 2.75) is 63.3 Å². The molecule has 5 rings (SSSR count). The highest BCUT2D eigenvalue weighted by atomic mass is 28.4. The van der Waals surface area contributed by atoms with Crippen LogP contribution in [0.3, 0.4) is 0 Å². The van der Waals surface area contributed by atoms with Gasteiger partial charge in [-0.25, -0.2) is 0 Å². The number of anilines is 3. The van der Waals surface area contributed by atoms with Crippen LogP contribution < -0.4 is 9.80 Å². The van der Waals surface area contributed by atoms with E-state index < -0.39 is 43.8 Å². The van der Waals surface area contributed by atoms with E-state index in [1.54, 1.807) is 36.2 Å². The van der Waals surface area contributed by atoms with Gasteiger partial charge in [0, 0.05) is 41.9 Å². The van der Waals surface area contributed by atoms with Gasteiger partial charge in [-0.3, -0.25) is 24.2 Å². The summed E-state index contributed by atoms with van der Waals surface area (Å²) in [6.45, 7) is 6.15. The molecule has 37 heavy (non-hydrogen) atoms. The molecule has 0 aliphatic carbocycles. The molecule has 2 aromatic rings. The number of halogens is 1. The van der Waals surface area contributed by atoms with Gasteiger partial charge in [0.1, 0.15) is 0 Å². The van der Waals surface area contributed by atoms with Crippen LogP contribution in [0.25, 0.3) is 0 Å². The van der Waals surface area contributed by atoms with Crippen molar-refractivity contribution in [1.82, 2.24) is 0 Å². The number of aliphatic hydroxyl groups excluding tert-OH is 1. The number of esters is 1. The molecular formula is C27H31FN2O6Si. The molecule has 8 nitrogen and oxygen atoms in total. The zero-order valence-electron chi connectivity index (χ0n) is 21.3. The number of ether oxygens (including phenoxy) is 2. The number of carbonyl (C=O) groups is 3. The summed E-state index contributed by atoms with van der Waals surface area (Å²) in [6, 6.07) is 14.4. The van der Waals surface area contributed by atoms with Crippen molar-refractivity contribution in [3.63, 3.8) is 0 Å². The number of rotatable bonds is 6. The Bertz CT molecular complexity index is 1250. The summed E-state index contributed by atoms with van der Waals surface area (Å²) >= 11 is 0. The lowest BCUT2D eigenvalue weighted by Gasteiger charge is -2.39. The standard InChI is InChI=1S/C27H31FN2O6Si/c1-16-25(37(3,4)28)22(12-13-31)36-27(16)20-14-19(30-23(33)15-24(30)35-17(2)32)10-11-21(20)29(26(27)34)18-8-6-5-7-9-18/h5-11,14,16,22,24-25,31H,12-13,15H2,1-4H3/t16-,22+,24?,25-,27+/m1/s1. The molecule has 5 atom stereocenters. The Balaban J connectivity index is 1.67. The van der Waals surface area contributed by atoms with Crippen molar-refractivity contribution in [1.29, 1.82) is 0 Å². The average molecular weight is 527 g/mol. The second-order valence-corrected chi connectivity index (χ2v) is 14.3. The van der Waals surface area contributed by atoms with Crippen LogP contribution in [-0.4, -0.2) is 50.2 Å². The number of benzene rings is 2. The molecule has 1 unspecified atom stereocenters. The second-order valence-electron chi connectivity index (χ2n) is 10.5. The van der Waals surface area contributed by atoms with E-state index >= 15 is 4.11 Å². The maximum absolute atomic E-state index is 15.7. The fraction of sp³-hybridized carbons (Fsp3) is 0.444. The molecule has 2 fully saturated rings. The fourth-order valence-corrected chi connectivity index (χ4v) is 8.87. The van der Waals surface area contributed by atoms with Gasteiger partial charge in [-0.2, -0.15) is 0 Å². The zero-order chi connectivity index (χ0) is 26.7. The molecule has 0 radical (unpaired) electrons. The minimum absolute atomic E-state index is 0.0755. The lowest BCUT2D eigenvalue weighted by Crippen LogP contribution is -2.55. The highest BCUT2D eigenvalue weighted by Crippen LogP contribution is 2.61. The smallest absolute Gasteiger partial charge is 0.304 e. The predicted molar refractivity (Wildman–Crippen MR) is 137 cm³/mol.